The average molecular weight is 1090 g/mol. The number of aliphatic carboxylic acids is 1. The van der Waals surface area contributed by atoms with E-state index in [9.17, 15) is 46.2 Å². The number of nitrogens with zero attached hydrogens (tertiary/aromatic N) is 4. The minimum Gasteiger partial charge on any atom is -0.480 e. The van der Waals surface area contributed by atoms with E-state index in [1.165, 1.54) is 13.2 Å². The summed E-state index contributed by atoms with van der Waals surface area (Å²) in [4.78, 5) is 62.2. The summed E-state index contributed by atoms with van der Waals surface area (Å²) in [6.45, 7) is 14.2. The van der Waals surface area contributed by atoms with Crippen molar-refractivity contribution in [3.8, 4) is 22.3 Å². The number of methoxy groups -OCH3 is 1. The van der Waals surface area contributed by atoms with Crippen LogP contribution in [0.25, 0.3) is 53.7 Å². The molecule has 0 unspecified atom stereocenters. The molecule has 2 aromatic heterocycles. The topological polar surface area (TPSA) is 170 Å². The lowest BCUT2D eigenvalue weighted by Gasteiger charge is -2.17. The normalized spacial score (nSPS) is 11.4. The molecule has 374 valence electrons. The number of nitrogens with one attached hydrogen (secondary N) is 1. The maximum atomic E-state index is 14.0. The van der Waals surface area contributed by atoms with E-state index in [-0.39, 0.29) is 11.4 Å². The van der Waals surface area contributed by atoms with Gasteiger partial charge in [0.05, 0.1) is 41.9 Å². The number of carboxylic acid groups (broad SMARTS) is 1. The van der Waals surface area contributed by atoms with E-state index in [0.717, 1.165) is 39.7 Å². The van der Waals surface area contributed by atoms with Gasteiger partial charge < -0.3 is 20.9 Å². The molecule has 0 spiro atoms. The summed E-state index contributed by atoms with van der Waals surface area (Å²) in [5, 5.41) is 12.7. The number of ether oxygens (including phenoxy) is 1. The Hall–Kier alpha value is -8.03. The largest absolute Gasteiger partial charge is 0.480 e. The Bertz CT molecular complexity index is 3610. The van der Waals surface area contributed by atoms with Gasteiger partial charge in [-0.05, 0) is 88.8 Å². The predicted octanol–water partition coefficient (Wildman–Crippen LogP) is 13.1. The van der Waals surface area contributed by atoms with Crippen LogP contribution in [0.15, 0.2) is 122 Å². The van der Waals surface area contributed by atoms with E-state index in [4.69, 9.17) is 70.0 Å². The van der Waals surface area contributed by atoms with E-state index in [1.807, 2.05) is 30.3 Å². The van der Waals surface area contributed by atoms with Crippen molar-refractivity contribution in [3.05, 3.63) is 211 Å². The second kappa shape index (κ2) is 24.6. The predicted molar refractivity (Wildman–Crippen MR) is 271 cm³/mol. The number of esters is 1. The highest BCUT2D eigenvalue weighted by Crippen LogP contribution is 2.38. The zero-order valence-electron chi connectivity index (χ0n) is 37.9. The molecule has 0 aliphatic rings. The van der Waals surface area contributed by atoms with Gasteiger partial charge in [-0.25, -0.2) is 36.4 Å². The SMILES string of the molecule is O=C(Cl)c1c(Cl)ccc(F)c1F.[C-]#[N+]c1ccc(-c2ccc(C[C@H](N)C(=O)OC)c3cccnc23)c(Cl)c1.[C-]#[N+]c1ccc(-c2ccc(C[C@H](NC(=O)c3c(F)ccc(F)c3F)C(=O)O)c3cccnc23)c(Cl)c1. The van der Waals surface area contributed by atoms with Gasteiger partial charge >= 0.3 is 11.9 Å². The molecule has 8 aromatic rings. The van der Waals surface area contributed by atoms with Gasteiger partial charge in [-0.1, -0.05) is 95.5 Å². The third-order valence-electron chi connectivity index (χ3n) is 10.9. The molecular weight excluding hydrogens is 1050 g/mol. The molecule has 12 nitrogen and oxygen atoms in total. The molecule has 0 saturated heterocycles. The first-order chi connectivity index (χ1) is 35.3. The van der Waals surface area contributed by atoms with Crippen LogP contribution in [0.2, 0.25) is 15.1 Å². The highest BCUT2D eigenvalue weighted by atomic mass is 35.5. The van der Waals surface area contributed by atoms with Gasteiger partial charge in [0.25, 0.3) is 11.1 Å². The van der Waals surface area contributed by atoms with Crippen molar-refractivity contribution in [2.24, 2.45) is 5.73 Å². The number of fused-ring (bicyclic) bond motifs is 2. The highest BCUT2D eigenvalue weighted by Gasteiger charge is 2.28. The van der Waals surface area contributed by atoms with Gasteiger partial charge in [0.2, 0.25) is 0 Å². The third kappa shape index (κ3) is 12.6. The lowest BCUT2D eigenvalue weighted by molar-refractivity contribution is -0.142. The number of carboxylic acids is 1. The summed E-state index contributed by atoms with van der Waals surface area (Å²) in [5.74, 6) is -10.3. The van der Waals surface area contributed by atoms with Gasteiger partial charge in [0.15, 0.2) is 34.6 Å². The monoisotopic (exact) mass is 1080 g/mol. The number of amides is 1. The highest BCUT2D eigenvalue weighted by molar-refractivity contribution is 6.68. The Balaban J connectivity index is 0.000000204. The molecule has 1 amide bonds. The number of hydrogen-bond acceptors (Lipinski definition) is 8. The first kappa shape index (κ1) is 55.3. The Morgan fingerprint density at radius 1 is 0.649 bits per heavy atom. The fraction of sp³-hybridized carbons (Fsp3) is 0.0943. The van der Waals surface area contributed by atoms with E-state index < -0.39 is 75.4 Å². The number of aromatic nitrogens is 2. The lowest BCUT2D eigenvalue weighted by atomic mass is 9.95. The van der Waals surface area contributed by atoms with Crippen molar-refractivity contribution in [1.82, 2.24) is 15.3 Å². The fourth-order valence-corrected chi connectivity index (χ4v) is 8.42. The summed E-state index contributed by atoms with van der Waals surface area (Å²) < 4.78 is 71.5. The van der Waals surface area contributed by atoms with Crippen LogP contribution in [0.1, 0.15) is 31.8 Å². The van der Waals surface area contributed by atoms with Crippen LogP contribution in [0.4, 0.5) is 33.3 Å². The molecule has 0 aliphatic heterocycles. The van der Waals surface area contributed by atoms with Crippen molar-refractivity contribution in [1.29, 1.82) is 0 Å². The van der Waals surface area contributed by atoms with Crippen molar-refractivity contribution in [3.63, 3.8) is 0 Å². The molecule has 2 atom stereocenters. The summed E-state index contributed by atoms with van der Waals surface area (Å²) in [6.07, 6.45) is 3.34. The van der Waals surface area contributed by atoms with E-state index in [1.54, 1.807) is 60.9 Å². The van der Waals surface area contributed by atoms with Gasteiger partial charge in [0, 0.05) is 50.8 Å². The lowest BCUT2D eigenvalue weighted by Crippen LogP contribution is -2.43. The smallest absolute Gasteiger partial charge is 0.326 e. The average Bonchev–Trinajstić information content (AvgIpc) is 3.38. The van der Waals surface area contributed by atoms with Crippen LogP contribution >= 0.6 is 46.4 Å². The maximum Gasteiger partial charge on any atom is 0.326 e. The van der Waals surface area contributed by atoms with Crippen molar-refractivity contribution >= 4 is 103 Å². The second-order valence-corrected chi connectivity index (χ2v) is 17.1. The summed E-state index contributed by atoms with van der Waals surface area (Å²) in [7, 11) is 1.32. The second-order valence-electron chi connectivity index (χ2n) is 15.5. The van der Waals surface area contributed by atoms with Crippen LogP contribution in [0.5, 0.6) is 0 Å². The molecule has 0 radical (unpaired) electrons. The summed E-state index contributed by atoms with van der Waals surface area (Å²) in [6, 6.07) is 24.9. The van der Waals surface area contributed by atoms with Crippen LogP contribution in [0, 0.1) is 42.2 Å². The molecule has 0 fully saturated rings. The number of carbonyl (C=O) groups is 4. The number of benzene rings is 6. The van der Waals surface area contributed by atoms with Gasteiger partial charge in [0.1, 0.15) is 23.5 Å². The van der Waals surface area contributed by atoms with E-state index in [2.05, 4.69) is 25.0 Å². The molecule has 8 rings (SSSR count). The molecule has 0 bridgehead atoms. The quantitative estimate of drug-likeness (QED) is 0.0375. The Morgan fingerprint density at radius 2 is 1.11 bits per heavy atom. The fourth-order valence-electron chi connectivity index (χ4n) is 7.40. The minimum absolute atomic E-state index is 0.200. The molecule has 4 N–H and O–H groups in total. The van der Waals surface area contributed by atoms with E-state index >= 15 is 0 Å². The molecular formula is C53H33Cl4F5N6O6. The van der Waals surface area contributed by atoms with Crippen molar-refractivity contribution < 1.29 is 51.0 Å². The van der Waals surface area contributed by atoms with Crippen molar-refractivity contribution in [2.75, 3.05) is 7.11 Å². The maximum absolute atomic E-state index is 14.0. The van der Waals surface area contributed by atoms with Crippen LogP contribution < -0.4 is 11.1 Å². The number of nitrogens with two attached hydrogens (primary N) is 1. The number of pyridine rings is 2. The number of carbonyl (C=O) groups excluding carboxylic acids is 3. The number of rotatable bonds is 11. The first-order valence-electron chi connectivity index (χ1n) is 21.2. The molecule has 0 aliphatic carbocycles. The van der Waals surface area contributed by atoms with Crippen molar-refractivity contribution in [2.45, 2.75) is 24.9 Å². The minimum atomic E-state index is -1.71. The number of hydrogen-bond donors (Lipinski definition) is 3. The third-order valence-corrected chi connectivity index (χ3v) is 12.1. The molecule has 74 heavy (non-hydrogen) atoms. The molecule has 0 saturated carbocycles. The van der Waals surface area contributed by atoms with E-state index in [0.29, 0.717) is 67.6 Å². The van der Waals surface area contributed by atoms with Crippen LogP contribution in [-0.4, -0.2) is 57.4 Å². The first-order valence-corrected chi connectivity index (χ1v) is 22.7. The standard InChI is InChI=1S/C26H15ClF3N3O3.C20H16ClN3O2.C7H2Cl2F2O/c1-31-14-5-7-16(18(27)12-14)17-6-4-13(15-3-2-10-32-24(15)17)11-21(26(35)36)33-25(34)22-19(28)8-9-20(29)23(22)30;1-23-13-6-8-15(17(21)11-13)16-7-5-12(10-18(22)20(25)26-2)14-4-3-9-24-19(14)16;8-3-1-2-4(10)6(11)5(3)7(9)12/h2-10,12,21H,11H2,(H,33,34)(H,35,36);3-9,11,18H,10,22H2,2H3;1-2H/t21-;18-;/m00./s1. The summed E-state index contributed by atoms with van der Waals surface area (Å²) in [5.41, 5.74) is 10.5. The Morgan fingerprint density at radius 3 is 1.55 bits per heavy atom. The van der Waals surface area contributed by atoms with Crippen LogP contribution in [0.3, 0.4) is 0 Å². The Labute approximate surface area is 437 Å². The molecule has 6 aromatic carbocycles. The van der Waals surface area contributed by atoms with Crippen LogP contribution in [-0.2, 0) is 27.2 Å². The Kier molecular flexibility index (Phi) is 18.4. The zero-order chi connectivity index (χ0) is 54.0. The van der Waals surface area contributed by atoms with Gasteiger partial charge in [-0.3, -0.25) is 24.4 Å². The van der Waals surface area contributed by atoms with Gasteiger partial charge in [-0.2, -0.15) is 0 Å². The molecule has 2 heterocycles. The summed E-state index contributed by atoms with van der Waals surface area (Å²) >= 11 is 23.1. The number of halogens is 9. The zero-order valence-corrected chi connectivity index (χ0v) is 40.9. The molecule has 21 heteroatoms. The van der Waals surface area contributed by atoms with Gasteiger partial charge in [-0.15, -0.1) is 0 Å².